The highest BCUT2D eigenvalue weighted by molar-refractivity contribution is 5.94. The van der Waals surface area contributed by atoms with Crippen molar-refractivity contribution in [3.05, 3.63) is 59.3 Å². The van der Waals surface area contributed by atoms with Crippen LogP contribution in [0.5, 0.6) is 0 Å². The number of benzene rings is 1. The summed E-state index contributed by atoms with van der Waals surface area (Å²) in [6, 6.07) is 11.8. The highest BCUT2D eigenvalue weighted by Gasteiger charge is 2.06. The van der Waals surface area contributed by atoms with Crippen molar-refractivity contribution in [3.8, 4) is 0 Å². The minimum Gasteiger partial charge on any atom is -0.370 e. The zero-order valence-electron chi connectivity index (χ0n) is 12.5. The standard InChI is InChI=1S/C17H21N3O/c1-3-18-16-9-8-15(12-20-16)17(21)19-11-10-14-7-5-4-6-13(14)2/h4-9,12H,3,10-11H2,1-2H3,(H,18,20)(H,19,21). The summed E-state index contributed by atoms with van der Waals surface area (Å²) in [6.07, 6.45) is 2.43. The molecule has 1 aromatic heterocycles. The maximum Gasteiger partial charge on any atom is 0.252 e. The van der Waals surface area contributed by atoms with Gasteiger partial charge in [0.15, 0.2) is 0 Å². The number of aryl methyl sites for hydroxylation is 1. The molecule has 21 heavy (non-hydrogen) atoms. The molecule has 4 nitrogen and oxygen atoms in total. The van der Waals surface area contributed by atoms with Crippen LogP contribution < -0.4 is 10.6 Å². The number of rotatable bonds is 6. The Morgan fingerprint density at radius 3 is 2.67 bits per heavy atom. The van der Waals surface area contributed by atoms with E-state index in [1.165, 1.54) is 11.1 Å². The molecule has 2 aromatic rings. The molecule has 1 heterocycles. The third-order valence-corrected chi connectivity index (χ3v) is 3.32. The average Bonchev–Trinajstić information content (AvgIpc) is 2.50. The van der Waals surface area contributed by atoms with Gasteiger partial charge in [-0.3, -0.25) is 4.79 Å². The topological polar surface area (TPSA) is 54.0 Å². The van der Waals surface area contributed by atoms with E-state index in [9.17, 15) is 4.79 Å². The van der Waals surface area contributed by atoms with Gasteiger partial charge >= 0.3 is 0 Å². The fourth-order valence-corrected chi connectivity index (χ4v) is 2.12. The molecule has 0 aliphatic heterocycles. The smallest absolute Gasteiger partial charge is 0.252 e. The van der Waals surface area contributed by atoms with Crippen molar-refractivity contribution in [2.45, 2.75) is 20.3 Å². The van der Waals surface area contributed by atoms with Crippen LogP contribution in [0.3, 0.4) is 0 Å². The summed E-state index contributed by atoms with van der Waals surface area (Å²) >= 11 is 0. The Balaban J connectivity index is 1.85. The second-order valence-corrected chi connectivity index (χ2v) is 4.89. The van der Waals surface area contributed by atoms with Gasteiger partial charge < -0.3 is 10.6 Å². The lowest BCUT2D eigenvalue weighted by atomic mass is 10.1. The van der Waals surface area contributed by atoms with Crippen LogP contribution in [0.4, 0.5) is 5.82 Å². The Hall–Kier alpha value is -2.36. The average molecular weight is 283 g/mol. The molecule has 0 spiro atoms. The summed E-state index contributed by atoms with van der Waals surface area (Å²) in [5.41, 5.74) is 3.10. The molecule has 0 atom stereocenters. The van der Waals surface area contributed by atoms with Crippen LogP contribution in [0.15, 0.2) is 42.6 Å². The van der Waals surface area contributed by atoms with Gasteiger partial charge in [0.05, 0.1) is 5.56 Å². The largest absolute Gasteiger partial charge is 0.370 e. The van der Waals surface area contributed by atoms with E-state index in [1.54, 1.807) is 12.3 Å². The van der Waals surface area contributed by atoms with Gasteiger partial charge in [0.25, 0.3) is 5.91 Å². The van der Waals surface area contributed by atoms with Crippen molar-refractivity contribution in [3.63, 3.8) is 0 Å². The summed E-state index contributed by atoms with van der Waals surface area (Å²) in [7, 11) is 0. The van der Waals surface area contributed by atoms with Crippen molar-refractivity contribution in [1.82, 2.24) is 10.3 Å². The Morgan fingerprint density at radius 2 is 2.00 bits per heavy atom. The quantitative estimate of drug-likeness (QED) is 0.857. The Kier molecular flexibility index (Phi) is 5.32. The van der Waals surface area contributed by atoms with Crippen molar-refractivity contribution in [2.24, 2.45) is 0 Å². The Labute approximate surface area is 125 Å². The minimum atomic E-state index is -0.0841. The summed E-state index contributed by atoms with van der Waals surface area (Å²) in [6.45, 7) is 5.53. The molecular weight excluding hydrogens is 262 g/mol. The van der Waals surface area contributed by atoms with Gasteiger partial charge in [0, 0.05) is 19.3 Å². The number of nitrogens with zero attached hydrogens (tertiary/aromatic N) is 1. The van der Waals surface area contributed by atoms with Crippen molar-refractivity contribution >= 4 is 11.7 Å². The molecule has 2 rings (SSSR count). The molecule has 0 fully saturated rings. The minimum absolute atomic E-state index is 0.0841. The predicted molar refractivity (Wildman–Crippen MR) is 85.6 cm³/mol. The lowest BCUT2D eigenvalue weighted by Gasteiger charge is -2.08. The molecule has 1 amide bonds. The Morgan fingerprint density at radius 1 is 1.19 bits per heavy atom. The maximum atomic E-state index is 12.0. The predicted octanol–water partition coefficient (Wildman–Crippen LogP) is 2.79. The molecule has 1 aromatic carbocycles. The molecule has 0 saturated heterocycles. The molecule has 0 bridgehead atoms. The zero-order chi connectivity index (χ0) is 15.1. The Bertz CT molecular complexity index is 593. The SMILES string of the molecule is CCNc1ccc(C(=O)NCCc2ccccc2C)cn1. The molecule has 0 saturated carbocycles. The molecule has 0 aliphatic rings. The lowest BCUT2D eigenvalue weighted by Crippen LogP contribution is -2.26. The molecule has 2 N–H and O–H groups in total. The third kappa shape index (κ3) is 4.31. The lowest BCUT2D eigenvalue weighted by molar-refractivity contribution is 0.0954. The van der Waals surface area contributed by atoms with Gasteiger partial charge in [-0.1, -0.05) is 24.3 Å². The van der Waals surface area contributed by atoms with Crippen LogP contribution >= 0.6 is 0 Å². The number of hydrogen-bond acceptors (Lipinski definition) is 3. The zero-order valence-corrected chi connectivity index (χ0v) is 12.5. The number of amides is 1. The number of carbonyl (C=O) groups excluding carboxylic acids is 1. The number of nitrogens with one attached hydrogen (secondary N) is 2. The van der Waals surface area contributed by atoms with Gasteiger partial charge in [-0.15, -0.1) is 0 Å². The van der Waals surface area contributed by atoms with E-state index in [0.717, 1.165) is 18.8 Å². The molecular formula is C17H21N3O. The number of anilines is 1. The molecule has 4 heteroatoms. The third-order valence-electron chi connectivity index (χ3n) is 3.32. The van der Waals surface area contributed by atoms with E-state index < -0.39 is 0 Å². The van der Waals surface area contributed by atoms with E-state index in [-0.39, 0.29) is 5.91 Å². The van der Waals surface area contributed by atoms with Crippen LogP contribution in [0.1, 0.15) is 28.4 Å². The second kappa shape index (κ2) is 7.43. The normalized spacial score (nSPS) is 10.2. The molecule has 0 aliphatic carbocycles. The van der Waals surface area contributed by atoms with Crippen molar-refractivity contribution < 1.29 is 4.79 Å². The van der Waals surface area contributed by atoms with Crippen molar-refractivity contribution in [2.75, 3.05) is 18.4 Å². The van der Waals surface area contributed by atoms with Crippen LogP contribution in [-0.2, 0) is 6.42 Å². The first-order valence-corrected chi connectivity index (χ1v) is 7.23. The number of aromatic nitrogens is 1. The maximum absolute atomic E-state index is 12.0. The summed E-state index contributed by atoms with van der Waals surface area (Å²) in [5, 5.41) is 6.03. The van der Waals surface area contributed by atoms with Gasteiger partial charge in [0.1, 0.15) is 5.82 Å². The first kappa shape index (κ1) is 15.0. The highest BCUT2D eigenvalue weighted by atomic mass is 16.1. The van der Waals surface area contributed by atoms with Crippen LogP contribution in [-0.4, -0.2) is 24.0 Å². The van der Waals surface area contributed by atoms with Gasteiger partial charge in [-0.25, -0.2) is 4.98 Å². The van der Waals surface area contributed by atoms with E-state index in [1.807, 2.05) is 25.1 Å². The van der Waals surface area contributed by atoms with E-state index in [0.29, 0.717) is 12.1 Å². The van der Waals surface area contributed by atoms with Crippen LogP contribution in [0, 0.1) is 6.92 Å². The van der Waals surface area contributed by atoms with Crippen LogP contribution in [0.2, 0.25) is 0 Å². The number of carbonyl (C=O) groups is 1. The fourth-order valence-electron chi connectivity index (χ4n) is 2.12. The highest BCUT2D eigenvalue weighted by Crippen LogP contribution is 2.07. The van der Waals surface area contributed by atoms with Crippen molar-refractivity contribution in [1.29, 1.82) is 0 Å². The molecule has 0 radical (unpaired) electrons. The van der Waals surface area contributed by atoms with Crippen LogP contribution in [0.25, 0.3) is 0 Å². The van der Waals surface area contributed by atoms with E-state index in [4.69, 9.17) is 0 Å². The molecule has 0 unspecified atom stereocenters. The second-order valence-electron chi connectivity index (χ2n) is 4.89. The summed E-state index contributed by atoms with van der Waals surface area (Å²) in [4.78, 5) is 16.2. The number of hydrogen-bond donors (Lipinski definition) is 2. The first-order valence-electron chi connectivity index (χ1n) is 7.23. The first-order chi connectivity index (χ1) is 10.2. The monoisotopic (exact) mass is 283 g/mol. The summed E-state index contributed by atoms with van der Waals surface area (Å²) in [5.74, 6) is 0.702. The van der Waals surface area contributed by atoms with Gasteiger partial charge in [-0.05, 0) is 43.5 Å². The van der Waals surface area contributed by atoms with E-state index in [2.05, 4.69) is 34.7 Å². The summed E-state index contributed by atoms with van der Waals surface area (Å²) < 4.78 is 0. The van der Waals surface area contributed by atoms with Gasteiger partial charge in [-0.2, -0.15) is 0 Å². The number of pyridine rings is 1. The fraction of sp³-hybridized carbons (Fsp3) is 0.294. The van der Waals surface area contributed by atoms with E-state index >= 15 is 0 Å². The molecule has 110 valence electrons. The van der Waals surface area contributed by atoms with Gasteiger partial charge in [0.2, 0.25) is 0 Å².